The summed E-state index contributed by atoms with van der Waals surface area (Å²) in [4.78, 5) is 33.8. The van der Waals surface area contributed by atoms with Crippen molar-refractivity contribution in [2.45, 2.75) is 62.3 Å². The third kappa shape index (κ3) is 5.56. The zero-order valence-corrected chi connectivity index (χ0v) is 23.1. The first-order chi connectivity index (χ1) is 18.8. The second kappa shape index (κ2) is 11.4. The van der Waals surface area contributed by atoms with E-state index in [4.69, 9.17) is 10.5 Å². The van der Waals surface area contributed by atoms with Crippen LogP contribution >= 0.6 is 0 Å². The van der Waals surface area contributed by atoms with Crippen LogP contribution in [0.25, 0.3) is 0 Å². The minimum absolute atomic E-state index is 0.0396. The fourth-order valence-electron chi connectivity index (χ4n) is 7.47. The van der Waals surface area contributed by atoms with Gasteiger partial charge in [0.2, 0.25) is 11.8 Å². The highest BCUT2D eigenvalue weighted by Crippen LogP contribution is 2.28. The van der Waals surface area contributed by atoms with E-state index in [2.05, 4.69) is 43.0 Å². The van der Waals surface area contributed by atoms with E-state index < -0.39 is 18.3 Å². The maximum absolute atomic E-state index is 13.8. The Morgan fingerprint density at radius 2 is 1.79 bits per heavy atom. The second-order valence-corrected chi connectivity index (χ2v) is 12.6. The molecule has 0 aromatic rings. The van der Waals surface area contributed by atoms with E-state index in [9.17, 15) is 14.0 Å². The summed E-state index contributed by atoms with van der Waals surface area (Å²) in [5, 5.41) is 11.6. The van der Waals surface area contributed by atoms with Crippen molar-refractivity contribution in [2.24, 2.45) is 17.6 Å². The number of halogens is 1. The Kier molecular flexibility index (Phi) is 8.13. The van der Waals surface area contributed by atoms with Crippen LogP contribution in [0.4, 0.5) is 4.39 Å². The maximum atomic E-state index is 13.8. The third-order valence-corrected chi connectivity index (χ3v) is 9.93. The number of hydrogen-bond acceptors (Lipinski definition) is 10. The van der Waals surface area contributed by atoms with Crippen molar-refractivity contribution in [3.8, 4) is 0 Å². The Bertz CT molecular complexity index is 894. The van der Waals surface area contributed by atoms with Crippen molar-refractivity contribution < 1.29 is 18.7 Å². The number of likely N-dealkylation sites (tertiary alicyclic amines) is 1. The largest absolute Gasteiger partial charge is 0.377 e. The van der Waals surface area contributed by atoms with E-state index >= 15 is 0 Å². The highest BCUT2D eigenvalue weighted by Gasteiger charge is 2.48. The third-order valence-electron chi connectivity index (χ3n) is 9.93. The van der Waals surface area contributed by atoms with Crippen LogP contribution in [-0.2, 0) is 14.3 Å². The van der Waals surface area contributed by atoms with Crippen LogP contribution in [0.15, 0.2) is 0 Å². The van der Waals surface area contributed by atoms with Crippen molar-refractivity contribution in [3.63, 3.8) is 0 Å². The van der Waals surface area contributed by atoms with Gasteiger partial charge >= 0.3 is 0 Å². The number of carbonyl (C=O) groups excluding carboxylic acids is 2. The SMILES string of the molecule is CC1(N2CCN(C(=O)C3CCN(C4CCNCC4NC(=O)C4C(N)NN5CC(F)CNC45)CC3)CC2)COC1. The van der Waals surface area contributed by atoms with Gasteiger partial charge in [-0.15, -0.1) is 0 Å². The summed E-state index contributed by atoms with van der Waals surface area (Å²) in [7, 11) is 0. The molecule has 13 heteroatoms. The molecular weight excluding hydrogens is 505 g/mol. The van der Waals surface area contributed by atoms with E-state index in [1.165, 1.54) is 0 Å². The van der Waals surface area contributed by atoms with Crippen LogP contribution in [0.3, 0.4) is 0 Å². The number of hydrazine groups is 1. The first-order valence-corrected chi connectivity index (χ1v) is 14.8. The van der Waals surface area contributed by atoms with Crippen molar-refractivity contribution in [1.29, 1.82) is 0 Å². The molecule has 0 bridgehead atoms. The van der Waals surface area contributed by atoms with Crippen LogP contribution in [0.5, 0.6) is 0 Å². The molecule has 0 saturated carbocycles. The molecule has 6 N–H and O–H groups in total. The topological polar surface area (TPSA) is 130 Å². The average Bonchev–Trinajstić information content (AvgIpc) is 3.26. The number of rotatable bonds is 5. The number of ether oxygens (including phenoxy) is 1. The van der Waals surface area contributed by atoms with Crippen LogP contribution in [0.1, 0.15) is 26.2 Å². The lowest BCUT2D eigenvalue weighted by atomic mass is 9.90. The van der Waals surface area contributed by atoms with E-state index in [0.717, 1.165) is 78.3 Å². The van der Waals surface area contributed by atoms with Crippen LogP contribution in [0, 0.1) is 11.8 Å². The lowest BCUT2D eigenvalue weighted by Crippen LogP contribution is -2.65. The molecule has 6 heterocycles. The molecule has 6 unspecified atom stereocenters. The van der Waals surface area contributed by atoms with Gasteiger partial charge in [0.25, 0.3) is 0 Å². The van der Waals surface area contributed by atoms with Gasteiger partial charge in [-0.1, -0.05) is 0 Å². The number of hydrogen-bond donors (Lipinski definition) is 5. The quantitative estimate of drug-likeness (QED) is 0.249. The number of piperidine rings is 2. The van der Waals surface area contributed by atoms with Crippen molar-refractivity contribution in [2.75, 3.05) is 78.7 Å². The predicted molar refractivity (Wildman–Crippen MR) is 143 cm³/mol. The number of fused-ring (bicyclic) bond motifs is 1. The Hall–Kier alpha value is -1.45. The average molecular weight is 552 g/mol. The van der Waals surface area contributed by atoms with Crippen molar-refractivity contribution in [1.82, 2.24) is 41.1 Å². The summed E-state index contributed by atoms with van der Waals surface area (Å²) in [6.07, 6.45) is 0.808. The number of nitrogens with one attached hydrogen (secondary N) is 4. The summed E-state index contributed by atoms with van der Waals surface area (Å²) < 4.78 is 19.3. The summed E-state index contributed by atoms with van der Waals surface area (Å²) in [5.41, 5.74) is 9.47. The molecule has 220 valence electrons. The summed E-state index contributed by atoms with van der Waals surface area (Å²) in [6, 6.07) is 0.179. The minimum atomic E-state index is -0.986. The summed E-state index contributed by atoms with van der Waals surface area (Å²) in [5.74, 6) is -0.210. The van der Waals surface area contributed by atoms with Crippen LogP contribution in [-0.4, -0.2) is 146 Å². The number of piperazine rings is 1. The van der Waals surface area contributed by atoms with Gasteiger partial charge < -0.3 is 26.0 Å². The van der Waals surface area contributed by atoms with E-state index in [-0.39, 0.29) is 48.7 Å². The predicted octanol–water partition coefficient (Wildman–Crippen LogP) is -2.53. The molecule has 0 spiro atoms. The Morgan fingerprint density at radius 1 is 1.05 bits per heavy atom. The Morgan fingerprint density at radius 3 is 2.49 bits per heavy atom. The fraction of sp³-hybridized carbons (Fsp3) is 0.923. The molecule has 0 aliphatic carbocycles. The van der Waals surface area contributed by atoms with Gasteiger partial charge in [0.05, 0.1) is 43.0 Å². The molecule has 6 fully saturated rings. The molecule has 6 saturated heterocycles. The minimum Gasteiger partial charge on any atom is -0.377 e. The molecule has 6 rings (SSSR count). The van der Waals surface area contributed by atoms with Crippen LogP contribution in [0.2, 0.25) is 0 Å². The molecule has 2 amide bonds. The summed E-state index contributed by atoms with van der Waals surface area (Å²) in [6.45, 7) is 11.1. The Labute approximate surface area is 230 Å². The molecule has 6 aliphatic heterocycles. The normalized spacial score (nSPS) is 38.7. The molecule has 6 aliphatic rings. The standard InChI is InChI=1S/C26H46FN9O3/c1-26(15-39-16-26)35-10-8-34(9-11-35)25(38)17-3-6-33(7-4-17)20-2-5-29-13-19(20)31-24(37)21-22(28)32-36-14-18(27)12-30-23(21)36/h17-23,29-30,32H,2-16,28H2,1H3,(H,31,37). The highest BCUT2D eigenvalue weighted by atomic mass is 19.1. The zero-order chi connectivity index (χ0) is 27.1. The number of amides is 2. The fourth-order valence-corrected chi connectivity index (χ4v) is 7.47. The van der Waals surface area contributed by atoms with Gasteiger partial charge in [0.1, 0.15) is 6.17 Å². The first kappa shape index (κ1) is 27.7. The second-order valence-electron chi connectivity index (χ2n) is 12.6. The number of carbonyl (C=O) groups is 2. The highest BCUT2D eigenvalue weighted by molar-refractivity contribution is 5.81. The molecule has 6 atom stereocenters. The van der Waals surface area contributed by atoms with E-state index in [0.29, 0.717) is 12.5 Å². The van der Waals surface area contributed by atoms with Gasteiger partial charge in [-0.3, -0.25) is 24.7 Å². The van der Waals surface area contributed by atoms with Crippen molar-refractivity contribution in [3.05, 3.63) is 0 Å². The monoisotopic (exact) mass is 551 g/mol. The molecule has 0 aromatic carbocycles. The molecule has 39 heavy (non-hydrogen) atoms. The lowest BCUT2D eigenvalue weighted by molar-refractivity contribution is -0.153. The zero-order valence-electron chi connectivity index (χ0n) is 23.1. The van der Waals surface area contributed by atoms with Crippen molar-refractivity contribution >= 4 is 11.8 Å². The van der Waals surface area contributed by atoms with Crippen LogP contribution < -0.4 is 27.1 Å². The molecule has 0 aromatic heterocycles. The number of alkyl halides is 1. The molecular formula is C26H46FN9O3. The number of nitrogens with two attached hydrogens (primary N) is 1. The van der Waals surface area contributed by atoms with Gasteiger partial charge in [-0.2, -0.15) is 0 Å². The first-order valence-electron chi connectivity index (χ1n) is 14.8. The van der Waals surface area contributed by atoms with Gasteiger partial charge in [-0.25, -0.2) is 14.8 Å². The number of nitrogens with zero attached hydrogens (tertiary/aromatic N) is 4. The molecule has 0 radical (unpaired) electrons. The van der Waals surface area contributed by atoms with Gasteiger partial charge in [-0.05, 0) is 45.8 Å². The summed E-state index contributed by atoms with van der Waals surface area (Å²) >= 11 is 0. The molecule has 12 nitrogen and oxygen atoms in total. The van der Waals surface area contributed by atoms with E-state index in [1.54, 1.807) is 5.01 Å². The maximum Gasteiger partial charge on any atom is 0.229 e. The van der Waals surface area contributed by atoms with E-state index in [1.807, 2.05) is 0 Å². The smallest absolute Gasteiger partial charge is 0.229 e. The Balaban J connectivity index is 0.999. The van der Waals surface area contributed by atoms with Gasteiger partial charge in [0.15, 0.2) is 0 Å². The van der Waals surface area contributed by atoms with Gasteiger partial charge in [0, 0.05) is 57.8 Å². The lowest BCUT2D eigenvalue weighted by Gasteiger charge is -2.50.